The molecule has 9 rings (SSSR count). The Bertz CT molecular complexity index is 2710. The Labute approximate surface area is 336 Å². The van der Waals surface area contributed by atoms with Crippen LogP contribution in [0.5, 0.6) is 11.5 Å². The van der Waals surface area contributed by atoms with Crippen LogP contribution in [-0.4, -0.2) is 14.1 Å². The van der Waals surface area contributed by atoms with Crippen molar-refractivity contribution >= 4 is 44.2 Å². The van der Waals surface area contributed by atoms with Gasteiger partial charge < -0.3 is 23.7 Å². The number of rotatable bonds is 6. The van der Waals surface area contributed by atoms with Crippen LogP contribution in [-0.2, 0) is 31.3 Å². The van der Waals surface area contributed by atoms with Crippen LogP contribution in [0.25, 0.3) is 44.3 Å². The number of hydrogen-bond acceptors (Lipinski definition) is 4. The number of hydrogen-bond donors (Lipinski definition) is 0. The summed E-state index contributed by atoms with van der Waals surface area (Å²) in [6, 6.07) is 49.3. The van der Waals surface area contributed by atoms with Crippen LogP contribution in [0.4, 0.5) is 11.4 Å². The molecule has 0 amide bonds. The maximum atomic E-state index is 6.58. The summed E-state index contributed by atoms with van der Waals surface area (Å²) >= 11 is 0. The Morgan fingerprint density at radius 1 is 0.618 bits per heavy atom. The van der Waals surface area contributed by atoms with Gasteiger partial charge in [-0.1, -0.05) is 107 Å². The minimum Gasteiger partial charge on any atom is -0.509 e. The molecule has 1 aliphatic rings. The maximum Gasteiger partial charge on any atom is 0.135 e. The first kappa shape index (κ1) is 36.4. The van der Waals surface area contributed by atoms with Gasteiger partial charge >= 0.3 is 0 Å². The monoisotopic (exact) mass is 810 g/mol. The summed E-state index contributed by atoms with van der Waals surface area (Å²) in [4.78, 5) is 9.20. The Morgan fingerprint density at radius 2 is 1.33 bits per heavy atom. The average molecular weight is 811 g/mol. The Hall–Kier alpha value is -5.61. The van der Waals surface area contributed by atoms with Gasteiger partial charge in [0.25, 0.3) is 0 Å². The van der Waals surface area contributed by atoms with E-state index in [4.69, 9.17) is 9.72 Å². The number of ether oxygens (including phenoxy) is 1. The van der Waals surface area contributed by atoms with Crippen molar-refractivity contribution in [3.8, 4) is 23.0 Å². The molecular formula is C48H42N5OPd-3. The summed E-state index contributed by atoms with van der Waals surface area (Å²) in [6.07, 6.45) is 6.05. The number of nitrogens with zero attached hydrogens (tertiary/aromatic N) is 5. The molecule has 8 aromatic rings. The van der Waals surface area contributed by atoms with Crippen molar-refractivity contribution in [2.75, 3.05) is 9.80 Å². The Kier molecular flexibility index (Phi) is 9.20. The predicted molar refractivity (Wildman–Crippen MR) is 222 cm³/mol. The molecule has 0 unspecified atom stereocenters. The van der Waals surface area contributed by atoms with E-state index < -0.39 is 0 Å². The summed E-state index contributed by atoms with van der Waals surface area (Å²) in [5, 5.41) is 2.20. The molecule has 55 heavy (non-hydrogen) atoms. The molecule has 0 atom stereocenters. The van der Waals surface area contributed by atoms with Gasteiger partial charge in [0, 0.05) is 60.4 Å². The van der Waals surface area contributed by atoms with Crippen LogP contribution in [0.2, 0.25) is 0 Å². The van der Waals surface area contributed by atoms with Crippen LogP contribution in [0.15, 0.2) is 140 Å². The normalized spacial score (nSPS) is 13.3. The van der Waals surface area contributed by atoms with Crippen molar-refractivity contribution in [1.29, 1.82) is 0 Å². The second-order valence-corrected chi connectivity index (χ2v) is 16.0. The number of anilines is 2. The Morgan fingerprint density at radius 3 is 2.13 bits per heavy atom. The van der Waals surface area contributed by atoms with Gasteiger partial charge in [0.2, 0.25) is 0 Å². The quantitative estimate of drug-likeness (QED) is 0.124. The molecule has 0 aliphatic carbocycles. The van der Waals surface area contributed by atoms with Gasteiger partial charge in [0.05, 0.1) is 11.0 Å². The first-order valence-electron chi connectivity index (χ1n) is 18.5. The molecule has 0 saturated carbocycles. The van der Waals surface area contributed by atoms with Gasteiger partial charge in [-0.3, -0.25) is 0 Å². The van der Waals surface area contributed by atoms with E-state index in [9.17, 15) is 0 Å². The smallest absolute Gasteiger partial charge is 0.135 e. The minimum atomic E-state index is -0.0500. The summed E-state index contributed by atoms with van der Waals surface area (Å²) in [7, 11) is 0. The average Bonchev–Trinajstić information content (AvgIpc) is 3.88. The molecule has 0 saturated heterocycles. The van der Waals surface area contributed by atoms with E-state index in [0.29, 0.717) is 11.5 Å². The zero-order valence-corrected chi connectivity index (χ0v) is 33.4. The van der Waals surface area contributed by atoms with E-state index in [-0.39, 0.29) is 31.3 Å². The van der Waals surface area contributed by atoms with Gasteiger partial charge in [0.1, 0.15) is 5.82 Å². The fourth-order valence-electron chi connectivity index (χ4n) is 7.52. The third-order valence-electron chi connectivity index (χ3n) is 10.2. The van der Waals surface area contributed by atoms with Crippen molar-refractivity contribution in [3.05, 3.63) is 170 Å². The fraction of sp³-hybridized carbons (Fsp3) is 0.167. The summed E-state index contributed by atoms with van der Waals surface area (Å²) in [5.74, 6) is 2.05. The van der Waals surface area contributed by atoms with E-state index in [1.807, 2.05) is 30.5 Å². The van der Waals surface area contributed by atoms with Crippen LogP contribution < -0.4 is 14.5 Å². The van der Waals surface area contributed by atoms with E-state index in [2.05, 4.69) is 189 Å². The van der Waals surface area contributed by atoms with Crippen molar-refractivity contribution in [2.24, 2.45) is 0 Å². The van der Waals surface area contributed by atoms with Gasteiger partial charge in [-0.15, -0.1) is 42.7 Å². The van der Waals surface area contributed by atoms with Gasteiger partial charge in [-0.05, 0) is 70.8 Å². The van der Waals surface area contributed by atoms with Crippen molar-refractivity contribution in [1.82, 2.24) is 14.1 Å². The fourth-order valence-corrected chi connectivity index (χ4v) is 7.52. The first-order chi connectivity index (χ1) is 26.0. The molecular weight excluding hydrogens is 769 g/mol. The summed E-state index contributed by atoms with van der Waals surface area (Å²) < 4.78 is 11.2. The number of pyridine rings is 1. The van der Waals surface area contributed by atoms with Crippen LogP contribution in [0, 0.1) is 18.8 Å². The largest absolute Gasteiger partial charge is 0.509 e. The number of benzene rings is 5. The molecule has 0 fully saturated rings. The molecule has 278 valence electrons. The van der Waals surface area contributed by atoms with Crippen LogP contribution >= 0.6 is 0 Å². The van der Waals surface area contributed by atoms with Crippen molar-refractivity contribution in [2.45, 2.75) is 52.4 Å². The molecule has 5 aromatic carbocycles. The van der Waals surface area contributed by atoms with Crippen LogP contribution in [0.1, 0.15) is 52.7 Å². The van der Waals surface area contributed by atoms with Crippen LogP contribution in [0.3, 0.4) is 0 Å². The third-order valence-corrected chi connectivity index (χ3v) is 10.2. The third kappa shape index (κ3) is 6.52. The molecule has 1 aliphatic heterocycles. The molecule has 6 nitrogen and oxygen atoms in total. The van der Waals surface area contributed by atoms with E-state index in [1.54, 1.807) is 0 Å². The first-order valence-corrected chi connectivity index (χ1v) is 18.5. The van der Waals surface area contributed by atoms with Crippen molar-refractivity contribution in [3.63, 3.8) is 0 Å². The SMILES string of the molecule is CC(C)(C)c1ccnc(-n2c3[c-]c(Oc4[c-]c(N5C=CN(c6ccccc6C(C)(C)C)[CH-]5)ccc4)ccc3c3c2c2ccccc2n3-c2ccccc2)c1.[Pd]. The second kappa shape index (κ2) is 13.9. The standard InChI is InChI=1S/C48H42N5O.Pd/c1-47(2,3)33-25-26-49-44(29-33)53-43-31-37(23-24-39(43)45-46(53)38-19-10-12-21-41(38)52(45)34-15-8-7-9-16-34)54-36-18-14-17-35(30-36)50-27-28-51(32-50)42-22-13-11-20-40(42)48(4,5)6;/h7-29,32H,1-6H3;/q-3;. The number of para-hydroxylation sites is 3. The molecule has 0 radical (unpaired) electrons. The summed E-state index contributed by atoms with van der Waals surface area (Å²) in [6.45, 7) is 15.5. The number of aromatic nitrogens is 3. The van der Waals surface area contributed by atoms with E-state index in [0.717, 1.165) is 55.7 Å². The molecule has 0 N–H and O–H groups in total. The molecule has 3 aromatic heterocycles. The predicted octanol–water partition coefficient (Wildman–Crippen LogP) is 12.0. The Balaban J connectivity index is 0.00000427. The van der Waals surface area contributed by atoms with Gasteiger partial charge in [0.15, 0.2) is 0 Å². The second-order valence-electron chi connectivity index (χ2n) is 16.0. The van der Waals surface area contributed by atoms with E-state index >= 15 is 0 Å². The maximum absolute atomic E-state index is 6.58. The molecule has 7 heteroatoms. The molecule has 4 heterocycles. The zero-order chi connectivity index (χ0) is 37.2. The molecule has 0 spiro atoms. The van der Waals surface area contributed by atoms with Gasteiger partial charge in [-0.25, -0.2) is 4.98 Å². The van der Waals surface area contributed by atoms with Gasteiger partial charge in [-0.2, -0.15) is 12.1 Å². The minimum absolute atomic E-state index is 0. The number of fused-ring (bicyclic) bond motifs is 5. The molecule has 0 bridgehead atoms. The zero-order valence-electron chi connectivity index (χ0n) is 31.8. The van der Waals surface area contributed by atoms with E-state index in [1.165, 1.54) is 11.1 Å². The van der Waals surface area contributed by atoms with Crippen molar-refractivity contribution < 1.29 is 25.2 Å². The summed E-state index contributed by atoms with van der Waals surface area (Å²) in [5.41, 5.74) is 9.80. The topological polar surface area (TPSA) is 38.5 Å².